The fraction of sp³-hybridized carbons (Fsp3) is 0.227. The first kappa shape index (κ1) is 16.2. The number of hydrogen-bond acceptors (Lipinski definition) is 6. The third kappa shape index (κ3) is 2.00. The summed E-state index contributed by atoms with van der Waals surface area (Å²) in [7, 11) is 0. The first-order chi connectivity index (χ1) is 14.2. The smallest absolute Gasteiger partial charge is 0.240 e. The van der Waals surface area contributed by atoms with Crippen LogP contribution in [0, 0.1) is 23.2 Å². The van der Waals surface area contributed by atoms with E-state index in [0.717, 1.165) is 11.1 Å². The summed E-state index contributed by atoms with van der Waals surface area (Å²) in [6, 6.07) is 14.1. The zero-order valence-corrected chi connectivity index (χ0v) is 15.2. The Hall–Kier alpha value is -3.79. The molecule has 142 valence electrons. The van der Waals surface area contributed by atoms with Gasteiger partial charge in [0.25, 0.3) is 0 Å². The maximum absolute atomic E-state index is 13.5. The Morgan fingerprint density at radius 2 is 1.79 bits per heavy atom. The summed E-state index contributed by atoms with van der Waals surface area (Å²) in [6.45, 7) is 0.114. The van der Waals surface area contributed by atoms with Crippen molar-refractivity contribution in [3.63, 3.8) is 0 Å². The van der Waals surface area contributed by atoms with Crippen molar-refractivity contribution in [2.45, 2.75) is 12.1 Å². The van der Waals surface area contributed by atoms with Crippen molar-refractivity contribution < 1.29 is 19.1 Å². The van der Waals surface area contributed by atoms with Crippen LogP contribution in [0.1, 0.15) is 17.2 Å². The van der Waals surface area contributed by atoms with Crippen molar-refractivity contribution in [1.29, 1.82) is 5.26 Å². The molecule has 2 saturated heterocycles. The molecule has 0 N–H and O–H groups in total. The van der Waals surface area contributed by atoms with Crippen LogP contribution < -0.4 is 14.4 Å². The Morgan fingerprint density at radius 3 is 2.66 bits per heavy atom. The summed E-state index contributed by atoms with van der Waals surface area (Å²) in [5, 5.41) is 9.84. The molecule has 7 nitrogen and oxygen atoms in total. The average Bonchev–Trinajstić information content (AvgIpc) is 3.41. The van der Waals surface area contributed by atoms with Crippen molar-refractivity contribution in [2.24, 2.45) is 11.8 Å². The maximum Gasteiger partial charge on any atom is 0.240 e. The van der Waals surface area contributed by atoms with E-state index >= 15 is 0 Å². The van der Waals surface area contributed by atoms with Crippen molar-refractivity contribution in [3.8, 4) is 17.6 Å². The van der Waals surface area contributed by atoms with Gasteiger partial charge in [0.05, 0.1) is 29.6 Å². The second-order valence-electron chi connectivity index (χ2n) is 7.51. The van der Waals surface area contributed by atoms with E-state index in [0.29, 0.717) is 17.2 Å². The first-order valence-corrected chi connectivity index (χ1v) is 9.40. The molecule has 7 heteroatoms. The lowest BCUT2D eigenvalue weighted by molar-refractivity contribution is -0.123. The number of rotatable bonds is 1. The van der Waals surface area contributed by atoms with Crippen molar-refractivity contribution in [3.05, 3.63) is 59.8 Å². The van der Waals surface area contributed by atoms with Crippen molar-refractivity contribution >= 4 is 23.6 Å². The molecule has 4 heterocycles. The predicted octanol–water partition coefficient (Wildman–Crippen LogP) is 2.45. The van der Waals surface area contributed by atoms with E-state index < -0.39 is 17.9 Å². The Bertz CT molecular complexity index is 1150. The van der Waals surface area contributed by atoms with Gasteiger partial charge in [-0.1, -0.05) is 24.3 Å². The van der Waals surface area contributed by atoms with Crippen LogP contribution in [0.3, 0.4) is 0 Å². The van der Waals surface area contributed by atoms with Gasteiger partial charge in [-0.15, -0.1) is 0 Å². The zero-order valence-electron chi connectivity index (χ0n) is 15.2. The monoisotopic (exact) mass is 385 g/mol. The number of nitriles is 1. The molecule has 0 aromatic heterocycles. The van der Waals surface area contributed by atoms with E-state index in [9.17, 15) is 14.9 Å². The van der Waals surface area contributed by atoms with Gasteiger partial charge in [0, 0.05) is 12.3 Å². The number of benzene rings is 2. The molecule has 4 atom stereocenters. The number of anilines is 1. The molecular formula is C22H15N3O4. The lowest BCUT2D eigenvalue weighted by atomic mass is 9.85. The average molecular weight is 385 g/mol. The molecule has 0 aliphatic carbocycles. The number of ether oxygens (including phenoxy) is 2. The fourth-order valence-corrected chi connectivity index (χ4v) is 4.98. The summed E-state index contributed by atoms with van der Waals surface area (Å²) in [5.74, 6) is -0.852. The molecule has 0 bridgehead atoms. The molecule has 0 saturated carbocycles. The summed E-state index contributed by atoms with van der Waals surface area (Å²) < 4.78 is 10.7. The highest BCUT2D eigenvalue weighted by atomic mass is 16.7. The van der Waals surface area contributed by atoms with E-state index in [1.807, 2.05) is 41.4 Å². The number of imide groups is 1. The minimum atomic E-state index is -0.710. The largest absolute Gasteiger partial charge is 0.454 e. The second-order valence-corrected chi connectivity index (χ2v) is 7.51. The molecule has 0 unspecified atom stereocenters. The second kappa shape index (κ2) is 5.61. The molecular weight excluding hydrogens is 370 g/mol. The Kier molecular flexibility index (Phi) is 3.13. The number of carbonyl (C=O) groups excluding carboxylic acids is 2. The molecule has 2 aromatic rings. The van der Waals surface area contributed by atoms with Crippen LogP contribution in [-0.2, 0) is 9.59 Å². The molecule has 0 radical (unpaired) electrons. The lowest BCUT2D eigenvalue weighted by Crippen LogP contribution is -2.40. The van der Waals surface area contributed by atoms with Gasteiger partial charge in [0.15, 0.2) is 11.5 Å². The van der Waals surface area contributed by atoms with Gasteiger partial charge in [0.1, 0.15) is 6.04 Å². The Balaban J connectivity index is 1.46. The number of hydrogen-bond donors (Lipinski definition) is 0. The van der Waals surface area contributed by atoms with Crippen molar-refractivity contribution in [2.75, 3.05) is 11.7 Å². The van der Waals surface area contributed by atoms with E-state index in [1.165, 1.54) is 4.90 Å². The van der Waals surface area contributed by atoms with Crippen LogP contribution in [0.5, 0.6) is 11.5 Å². The van der Waals surface area contributed by atoms with Crippen LogP contribution in [0.25, 0.3) is 6.08 Å². The van der Waals surface area contributed by atoms with Gasteiger partial charge in [-0.05, 0) is 29.3 Å². The van der Waals surface area contributed by atoms with Crippen LogP contribution in [0.15, 0.2) is 48.7 Å². The Labute approximate surface area is 166 Å². The van der Waals surface area contributed by atoms with Crippen molar-refractivity contribution in [1.82, 2.24) is 4.90 Å². The third-order valence-electron chi connectivity index (χ3n) is 6.21. The van der Waals surface area contributed by atoms with Crippen LogP contribution in [0.2, 0.25) is 0 Å². The molecule has 2 fully saturated rings. The summed E-state index contributed by atoms with van der Waals surface area (Å²) in [4.78, 5) is 29.9. The number of nitrogens with zero attached hydrogens (tertiary/aromatic N) is 3. The van der Waals surface area contributed by atoms with E-state index in [2.05, 4.69) is 6.07 Å². The van der Waals surface area contributed by atoms with Crippen LogP contribution in [-0.4, -0.2) is 29.5 Å². The first-order valence-electron chi connectivity index (χ1n) is 9.40. The highest BCUT2D eigenvalue weighted by Crippen LogP contribution is 2.53. The van der Waals surface area contributed by atoms with E-state index in [1.54, 1.807) is 18.2 Å². The van der Waals surface area contributed by atoms with Crippen LogP contribution in [0.4, 0.5) is 5.69 Å². The van der Waals surface area contributed by atoms with Gasteiger partial charge in [-0.3, -0.25) is 9.59 Å². The highest BCUT2D eigenvalue weighted by Gasteiger charge is 2.63. The van der Waals surface area contributed by atoms with Gasteiger partial charge in [0.2, 0.25) is 18.6 Å². The SMILES string of the molecule is N#C[C@@H]1[C@@H]2C(=O)N(c3ccc4c(c3)OCO4)C(=O)[C@@H]2[C@H]2c3ccccc3C=CN12. The quantitative estimate of drug-likeness (QED) is 0.702. The standard InChI is InChI=1S/C22H15N3O4/c23-10-15-18-19(20-14-4-2-1-3-12(14)7-8-24(15)20)22(27)25(21(18)26)13-5-6-16-17(9-13)29-11-28-16/h1-9,15,18-20H,11H2/t15-,18+,19+,20-/m1/s1. The van der Waals surface area contributed by atoms with Gasteiger partial charge >= 0.3 is 0 Å². The molecule has 0 spiro atoms. The lowest BCUT2D eigenvalue weighted by Gasteiger charge is -2.33. The predicted molar refractivity (Wildman–Crippen MR) is 101 cm³/mol. The topological polar surface area (TPSA) is 82.9 Å². The minimum absolute atomic E-state index is 0.114. The Morgan fingerprint density at radius 1 is 1.00 bits per heavy atom. The molecule has 6 rings (SSSR count). The molecule has 4 aliphatic rings. The zero-order chi connectivity index (χ0) is 19.7. The number of carbonyl (C=O) groups is 2. The third-order valence-corrected chi connectivity index (χ3v) is 6.21. The fourth-order valence-electron chi connectivity index (χ4n) is 4.98. The summed E-state index contributed by atoms with van der Waals surface area (Å²) >= 11 is 0. The normalized spacial score (nSPS) is 28.2. The van der Waals surface area contributed by atoms with Crippen LogP contribution >= 0.6 is 0 Å². The minimum Gasteiger partial charge on any atom is -0.454 e. The summed E-state index contributed by atoms with van der Waals surface area (Å²) in [5.41, 5.74) is 2.42. The summed E-state index contributed by atoms with van der Waals surface area (Å²) in [6.07, 6.45) is 3.77. The number of amides is 2. The van der Waals surface area contributed by atoms with Gasteiger partial charge < -0.3 is 14.4 Å². The molecule has 2 amide bonds. The molecule has 29 heavy (non-hydrogen) atoms. The van der Waals surface area contributed by atoms with Gasteiger partial charge in [-0.2, -0.15) is 5.26 Å². The highest BCUT2D eigenvalue weighted by molar-refractivity contribution is 6.23. The maximum atomic E-state index is 13.5. The molecule has 2 aromatic carbocycles. The number of fused-ring (bicyclic) bond motifs is 6. The van der Waals surface area contributed by atoms with E-state index in [4.69, 9.17) is 9.47 Å². The van der Waals surface area contributed by atoms with Gasteiger partial charge in [-0.25, -0.2) is 4.90 Å². The van der Waals surface area contributed by atoms with E-state index in [-0.39, 0.29) is 24.6 Å². The molecule has 4 aliphatic heterocycles.